The topological polar surface area (TPSA) is 58.1 Å². The van der Waals surface area contributed by atoms with Gasteiger partial charge in [-0.2, -0.15) is 0 Å². The van der Waals surface area contributed by atoms with Gasteiger partial charge in [-0.3, -0.25) is 4.99 Å². The highest BCUT2D eigenvalue weighted by Gasteiger charge is 2.11. The number of nitrogens with zero attached hydrogens (tertiary/aromatic N) is 2. The number of benzene rings is 2. The molecule has 2 aromatic carbocycles. The summed E-state index contributed by atoms with van der Waals surface area (Å²) in [5.74, 6) is 1.99. The number of aliphatic imine (C=N–C) groups is 1. The molecule has 1 heterocycles. The summed E-state index contributed by atoms with van der Waals surface area (Å²) in [4.78, 5) is 6.43. The van der Waals surface area contributed by atoms with Crippen molar-refractivity contribution < 1.29 is 13.9 Å². The molecule has 0 saturated heterocycles. The summed E-state index contributed by atoms with van der Waals surface area (Å²) in [5, 5.41) is 6.57. The fourth-order valence-corrected chi connectivity index (χ4v) is 2.90. The Balaban J connectivity index is 1.47. The molecule has 0 spiro atoms. The van der Waals surface area contributed by atoms with Crippen LogP contribution in [0.5, 0.6) is 11.5 Å². The molecular formula is C21H27FN4O2. The lowest BCUT2D eigenvalue weighted by Crippen LogP contribution is -2.36. The molecule has 2 aromatic rings. The normalized spacial score (nSPS) is 13.9. The van der Waals surface area contributed by atoms with Crippen LogP contribution >= 0.6 is 0 Å². The van der Waals surface area contributed by atoms with Crippen molar-refractivity contribution >= 4 is 11.6 Å². The van der Waals surface area contributed by atoms with Crippen molar-refractivity contribution in [1.29, 1.82) is 0 Å². The summed E-state index contributed by atoms with van der Waals surface area (Å²) >= 11 is 0. The van der Waals surface area contributed by atoms with Gasteiger partial charge in [0.05, 0.1) is 13.2 Å². The van der Waals surface area contributed by atoms with E-state index in [1.807, 2.05) is 37.4 Å². The summed E-state index contributed by atoms with van der Waals surface area (Å²) in [6.45, 7) is 3.63. The second-order valence-corrected chi connectivity index (χ2v) is 6.70. The van der Waals surface area contributed by atoms with E-state index in [4.69, 9.17) is 9.47 Å². The van der Waals surface area contributed by atoms with Crippen LogP contribution < -0.4 is 20.1 Å². The number of hydrogen-bond acceptors (Lipinski definition) is 4. The minimum atomic E-state index is -0.210. The SMILES string of the molecule is CN=C(NCCN(C)Cc1ccc(F)cc1)Nc1ccc2c(c1)OCCCO2. The van der Waals surface area contributed by atoms with Crippen molar-refractivity contribution in [3.05, 3.63) is 53.8 Å². The maximum atomic E-state index is 13.0. The van der Waals surface area contributed by atoms with E-state index in [9.17, 15) is 4.39 Å². The molecule has 28 heavy (non-hydrogen) atoms. The van der Waals surface area contributed by atoms with Gasteiger partial charge in [-0.1, -0.05) is 12.1 Å². The summed E-state index contributed by atoms with van der Waals surface area (Å²) in [6.07, 6.45) is 0.881. The van der Waals surface area contributed by atoms with E-state index in [-0.39, 0.29) is 5.82 Å². The molecule has 0 aliphatic carbocycles. The van der Waals surface area contributed by atoms with Gasteiger partial charge in [-0.15, -0.1) is 0 Å². The number of halogens is 1. The maximum Gasteiger partial charge on any atom is 0.195 e. The number of nitrogens with one attached hydrogen (secondary N) is 2. The Morgan fingerprint density at radius 2 is 1.86 bits per heavy atom. The van der Waals surface area contributed by atoms with Gasteiger partial charge >= 0.3 is 0 Å². The van der Waals surface area contributed by atoms with Gasteiger partial charge in [0.25, 0.3) is 0 Å². The maximum absolute atomic E-state index is 13.0. The Morgan fingerprint density at radius 1 is 1.11 bits per heavy atom. The van der Waals surface area contributed by atoms with E-state index in [0.29, 0.717) is 19.2 Å². The smallest absolute Gasteiger partial charge is 0.195 e. The molecule has 1 aliphatic heterocycles. The zero-order chi connectivity index (χ0) is 19.8. The number of ether oxygens (including phenoxy) is 2. The van der Waals surface area contributed by atoms with Crippen LogP contribution in [0.25, 0.3) is 0 Å². The molecule has 0 amide bonds. The molecule has 3 rings (SSSR count). The summed E-state index contributed by atoms with van der Waals surface area (Å²) in [5.41, 5.74) is 1.97. The Morgan fingerprint density at radius 3 is 2.61 bits per heavy atom. The second-order valence-electron chi connectivity index (χ2n) is 6.70. The number of anilines is 1. The second kappa shape index (κ2) is 9.94. The lowest BCUT2D eigenvalue weighted by atomic mass is 10.2. The zero-order valence-corrected chi connectivity index (χ0v) is 16.4. The predicted octanol–water partition coefficient (Wildman–Crippen LogP) is 3.11. The number of rotatable bonds is 6. The van der Waals surface area contributed by atoms with Gasteiger partial charge in [0, 0.05) is 44.9 Å². The summed E-state index contributed by atoms with van der Waals surface area (Å²) in [7, 11) is 3.77. The molecule has 0 aromatic heterocycles. The highest BCUT2D eigenvalue weighted by atomic mass is 19.1. The minimum Gasteiger partial charge on any atom is -0.490 e. The first-order valence-corrected chi connectivity index (χ1v) is 9.44. The fourth-order valence-electron chi connectivity index (χ4n) is 2.90. The highest BCUT2D eigenvalue weighted by molar-refractivity contribution is 5.93. The van der Waals surface area contributed by atoms with Gasteiger partial charge in [0.15, 0.2) is 17.5 Å². The van der Waals surface area contributed by atoms with E-state index in [0.717, 1.165) is 48.8 Å². The first-order valence-electron chi connectivity index (χ1n) is 9.44. The molecule has 0 unspecified atom stereocenters. The van der Waals surface area contributed by atoms with Crippen molar-refractivity contribution in [1.82, 2.24) is 10.2 Å². The number of guanidine groups is 1. The van der Waals surface area contributed by atoms with E-state index in [1.165, 1.54) is 12.1 Å². The fraction of sp³-hybridized carbons (Fsp3) is 0.381. The van der Waals surface area contributed by atoms with Crippen molar-refractivity contribution in [2.24, 2.45) is 4.99 Å². The van der Waals surface area contributed by atoms with Gasteiger partial charge in [-0.25, -0.2) is 4.39 Å². The van der Waals surface area contributed by atoms with Crippen LogP contribution in [0.3, 0.4) is 0 Å². The first kappa shape index (κ1) is 19.9. The molecule has 0 atom stereocenters. The first-order chi connectivity index (χ1) is 13.6. The van der Waals surface area contributed by atoms with Crippen LogP contribution in [0, 0.1) is 5.82 Å². The van der Waals surface area contributed by atoms with Crippen molar-refractivity contribution in [2.75, 3.05) is 45.7 Å². The third kappa shape index (κ3) is 5.85. The van der Waals surface area contributed by atoms with Crippen LogP contribution in [-0.4, -0.2) is 51.3 Å². The van der Waals surface area contributed by atoms with Gasteiger partial charge < -0.3 is 25.0 Å². The van der Waals surface area contributed by atoms with Crippen LogP contribution in [0.2, 0.25) is 0 Å². The zero-order valence-electron chi connectivity index (χ0n) is 16.4. The van der Waals surface area contributed by atoms with Gasteiger partial charge in [0.1, 0.15) is 5.82 Å². The van der Waals surface area contributed by atoms with E-state index >= 15 is 0 Å². The Labute approximate surface area is 165 Å². The molecule has 150 valence electrons. The van der Waals surface area contributed by atoms with Gasteiger partial charge in [-0.05, 0) is 36.9 Å². The lowest BCUT2D eigenvalue weighted by Gasteiger charge is -2.18. The molecule has 7 heteroatoms. The number of hydrogen-bond donors (Lipinski definition) is 2. The van der Waals surface area contributed by atoms with Crippen molar-refractivity contribution in [2.45, 2.75) is 13.0 Å². The molecule has 2 N–H and O–H groups in total. The molecule has 0 fully saturated rings. The largest absolute Gasteiger partial charge is 0.490 e. The monoisotopic (exact) mass is 386 g/mol. The molecule has 1 aliphatic rings. The third-order valence-corrected chi connectivity index (χ3v) is 4.39. The average molecular weight is 386 g/mol. The highest BCUT2D eigenvalue weighted by Crippen LogP contribution is 2.32. The molecule has 0 radical (unpaired) electrons. The average Bonchev–Trinajstić information content (AvgIpc) is 2.94. The minimum absolute atomic E-state index is 0.210. The van der Waals surface area contributed by atoms with Crippen LogP contribution in [0.15, 0.2) is 47.5 Å². The number of fused-ring (bicyclic) bond motifs is 1. The standard InChI is InChI=1S/C21H27FN4O2/c1-23-21(24-10-11-26(2)15-16-4-6-17(22)7-5-16)25-18-8-9-19-20(14-18)28-13-3-12-27-19/h4-9,14H,3,10-13,15H2,1-2H3,(H2,23,24,25). The Kier molecular flexibility index (Phi) is 7.08. The van der Waals surface area contributed by atoms with Crippen molar-refractivity contribution in [3.8, 4) is 11.5 Å². The third-order valence-electron chi connectivity index (χ3n) is 4.39. The van der Waals surface area contributed by atoms with E-state index in [2.05, 4.69) is 20.5 Å². The number of likely N-dealkylation sites (N-methyl/N-ethyl adjacent to an activating group) is 1. The Bertz CT molecular complexity index is 795. The molecular weight excluding hydrogens is 359 g/mol. The van der Waals surface area contributed by atoms with Crippen molar-refractivity contribution in [3.63, 3.8) is 0 Å². The van der Waals surface area contributed by atoms with Gasteiger partial charge in [0.2, 0.25) is 0 Å². The quantitative estimate of drug-likeness (QED) is 0.590. The summed E-state index contributed by atoms with van der Waals surface area (Å²) < 4.78 is 24.4. The molecule has 0 saturated carbocycles. The molecule has 0 bridgehead atoms. The predicted molar refractivity (Wildman–Crippen MR) is 110 cm³/mol. The Hall–Kier alpha value is -2.80. The van der Waals surface area contributed by atoms with E-state index < -0.39 is 0 Å². The lowest BCUT2D eigenvalue weighted by molar-refractivity contribution is 0.297. The molecule has 6 nitrogen and oxygen atoms in total. The summed E-state index contributed by atoms with van der Waals surface area (Å²) in [6, 6.07) is 12.4. The van der Waals surface area contributed by atoms with E-state index in [1.54, 1.807) is 7.05 Å². The van der Waals surface area contributed by atoms with Crippen LogP contribution in [0.4, 0.5) is 10.1 Å². The van der Waals surface area contributed by atoms with Crippen LogP contribution in [-0.2, 0) is 6.54 Å². The van der Waals surface area contributed by atoms with Crippen LogP contribution in [0.1, 0.15) is 12.0 Å².